The van der Waals surface area contributed by atoms with Gasteiger partial charge in [0.25, 0.3) is 5.91 Å². The average molecular weight is 312 g/mol. The van der Waals surface area contributed by atoms with Gasteiger partial charge in [-0.1, -0.05) is 18.5 Å². The monoisotopic (exact) mass is 311 g/mol. The Bertz CT molecular complexity index is 496. The molecule has 21 heavy (non-hydrogen) atoms. The van der Waals surface area contributed by atoms with Crippen LogP contribution in [0.5, 0.6) is 0 Å². The highest BCUT2D eigenvalue weighted by molar-refractivity contribution is 6.33. The van der Waals surface area contributed by atoms with Crippen LogP contribution in [0.25, 0.3) is 0 Å². The van der Waals surface area contributed by atoms with Crippen LogP contribution in [0.3, 0.4) is 0 Å². The van der Waals surface area contributed by atoms with E-state index in [1.54, 1.807) is 13.1 Å². The molecule has 0 bridgehead atoms. The molecule has 1 amide bonds. The molecule has 1 N–H and O–H groups in total. The van der Waals surface area contributed by atoms with Crippen LogP contribution >= 0.6 is 11.6 Å². The highest BCUT2D eigenvalue weighted by Gasteiger charge is 2.26. The third kappa shape index (κ3) is 4.08. The molecule has 0 aliphatic carbocycles. The Morgan fingerprint density at radius 1 is 1.62 bits per heavy atom. The van der Waals surface area contributed by atoms with Crippen LogP contribution in [0.2, 0.25) is 5.02 Å². The summed E-state index contributed by atoms with van der Waals surface area (Å²) in [7, 11) is 1.76. The third-order valence-electron chi connectivity index (χ3n) is 3.56. The van der Waals surface area contributed by atoms with E-state index in [2.05, 4.69) is 17.2 Å². The number of amides is 1. The number of likely N-dealkylation sites (tertiary alicyclic amines) is 1. The van der Waals surface area contributed by atoms with Crippen molar-refractivity contribution in [3.63, 3.8) is 0 Å². The minimum Gasteiger partial charge on any atom is -0.376 e. The summed E-state index contributed by atoms with van der Waals surface area (Å²) in [6.07, 6.45) is 4.60. The van der Waals surface area contributed by atoms with E-state index in [1.807, 2.05) is 4.90 Å². The first-order valence-corrected chi connectivity index (χ1v) is 7.77. The Hall–Kier alpha value is -1.33. The maximum absolute atomic E-state index is 12.6. The van der Waals surface area contributed by atoms with E-state index in [0.29, 0.717) is 22.9 Å². The van der Waals surface area contributed by atoms with Crippen molar-refractivity contribution in [3.05, 3.63) is 22.8 Å². The van der Waals surface area contributed by atoms with Crippen LogP contribution in [0, 0.1) is 0 Å². The van der Waals surface area contributed by atoms with Gasteiger partial charge in [0.1, 0.15) is 5.82 Å². The van der Waals surface area contributed by atoms with Gasteiger partial charge in [-0.25, -0.2) is 4.98 Å². The number of piperidine rings is 1. The molecule has 1 unspecified atom stereocenters. The van der Waals surface area contributed by atoms with Crippen LogP contribution in [-0.4, -0.2) is 48.6 Å². The Morgan fingerprint density at radius 2 is 2.43 bits per heavy atom. The van der Waals surface area contributed by atoms with Crippen LogP contribution in [0.4, 0.5) is 5.82 Å². The number of ether oxygens (including phenoxy) is 1. The molecule has 5 nitrogen and oxygen atoms in total. The van der Waals surface area contributed by atoms with Crippen LogP contribution in [-0.2, 0) is 4.74 Å². The number of carbonyl (C=O) groups excluding carboxylic acids is 1. The molecule has 0 radical (unpaired) electrons. The summed E-state index contributed by atoms with van der Waals surface area (Å²) >= 11 is 6.12. The summed E-state index contributed by atoms with van der Waals surface area (Å²) in [5.74, 6) is 0.585. The van der Waals surface area contributed by atoms with E-state index < -0.39 is 0 Å². The fourth-order valence-electron chi connectivity index (χ4n) is 2.45. The van der Waals surface area contributed by atoms with Gasteiger partial charge in [-0.05, 0) is 25.3 Å². The van der Waals surface area contributed by atoms with Gasteiger partial charge in [-0.2, -0.15) is 0 Å². The highest BCUT2D eigenvalue weighted by atomic mass is 35.5. The second-order valence-electron chi connectivity index (χ2n) is 5.19. The van der Waals surface area contributed by atoms with Gasteiger partial charge in [-0.15, -0.1) is 0 Å². The number of rotatable bonds is 5. The molecule has 0 spiro atoms. The molecule has 1 saturated heterocycles. The van der Waals surface area contributed by atoms with Gasteiger partial charge in [0, 0.05) is 32.9 Å². The van der Waals surface area contributed by atoms with Crippen LogP contribution in [0.15, 0.2) is 12.3 Å². The summed E-state index contributed by atoms with van der Waals surface area (Å²) in [4.78, 5) is 18.6. The molecule has 0 saturated carbocycles. The molecule has 1 aromatic heterocycles. The van der Waals surface area contributed by atoms with E-state index >= 15 is 0 Å². The van der Waals surface area contributed by atoms with Crippen LogP contribution < -0.4 is 5.32 Å². The van der Waals surface area contributed by atoms with E-state index in [-0.39, 0.29) is 12.0 Å². The van der Waals surface area contributed by atoms with Crippen molar-refractivity contribution < 1.29 is 9.53 Å². The van der Waals surface area contributed by atoms with E-state index in [0.717, 1.165) is 32.4 Å². The highest BCUT2D eigenvalue weighted by Crippen LogP contribution is 2.22. The number of aromatic nitrogens is 1. The second kappa shape index (κ2) is 7.61. The smallest absolute Gasteiger partial charge is 0.255 e. The van der Waals surface area contributed by atoms with E-state index in [1.165, 1.54) is 6.20 Å². The molecule has 1 fully saturated rings. The predicted molar refractivity (Wildman–Crippen MR) is 84.0 cm³/mol. The molecule has 1 atom stereocenters. The number of anilines is 1. The molecule has 1 aromatic rings. The van der Waals surface area contributed by atoms with E-state index in [4.69, 9.17) is 16.3 Å². The van der Waals surface area contributed by atoms with Gasteiger partial charge in [0.05, 0.1) is 16.7 Å². The lowest BCUT2D eigenvalue weighted by atomic mass is 10.1. The summed E-state index contributed by atoms with van der Waals surface area (Å²) < 4.78 is 5.77. The van der Waals surface area contributed by atoms with Crippen molar-refractivity contribution in [1.82, 2.24) is 9.88 Å². The Kier molecular flexibility index (Phi) is 5.82. The molecule has 0 aromatic carbocycles. The fraction of sp³-hybridized carbons (Fsp3) is 0.600. The summed E-state index contributed by atoms with van der Waals surface area (Å²) in [6, 6.07) is 1.70. The van der Waals surface area contributed by atoms with Crippen molar-refractivity contribution in [2.24, 2.45) is 0 Å². The molecular weight excluding hydrogens is 290 g/mol. The van der Waals surface area contributed by atoms with Gasteiger partial charge in [0.2, 0.25) is 0 Å². The molecule has 6 heteroatoms. The lowest BCUT2D eigenvalue weighted by molar-refractivity contribution is 0.00211. The number of pyridine rings is 1. The van der Waals surface area contributed by atoms with Crippen molar-refractivity contribution in [3.8, 4) is 0 Å². The number of hydrogen-bond acceptors (Lipinski definition) is 4. The number of nitrogens with one attached hydrogen (secondary N) is 1. The Labute approximate surface area is 130 Å². The molecule has 2 heterocycles. The third-order valence-corrected chi connectivity index (χ3v) is 3.87. The number of halogens is 1. The van der Waals surface area contributed by atoms with Gasteiger partial charge >= 0.3 is 0 Å². The average Bonchev–Trinajstić information content (AvgIpc) is 2.53. The summed E-state index contributed by atoms with van der Waals surface area (Å²) in [5.41, 5.74) is 0.493. The zero-order valence-electron chi connectivity index (χ0n) is 12.6. The van der Waals surface area contributed by atoms with Crippen molar-refractivity contribution in [1.29, 1.82) is 0 Å². The standard InChI is InChI=1S/C15H22ClN3O2/c1-3-7-21-11-5-4-6-19(10-11)15(20)12-8-14(17-2)18-9-13(12)16/h8-9,11H,3-7,10H2,1-2H3,(H,17,18). The van der Waals surface area contributed by atoms with Gasteiger partial charge in [0.15, 0.2) is 0 Å². The lowest BCUT2D eigenvalue weighted by Gasteiger charge is -2.33. The Morgan fingerprint density at radius 3 is 3.14 bits per heavy atom. The van der Waals surface area contributed by atoms with E-state index in [9.17, 15) is 4.79 Å². The zero-order chi connectivity index (χ0) is 15.2. The fourth-order valence-corrected chi connectivity index (χ4v) is 2.64. The Balaban J connectivity index is 2.08. The first-order valence-electron chi connectivity index (χ1n) is 7.39. The maximum atomic E-state index is 12.6. The quantitative estimate of drug-likeness (QED) is 0.908. The first kappa shape index (κ1) is 16.0. The predicted octanol–water partition coefficient (Wildman–Crippen LogP) is 2.81. The molecule has 1 aliphatic rings. The number of carbonyl (C=O) groups is 1. The lowest BCUT2D eigenvalue weighted by Crippen LogP contribution is -2.43. The SMILES string of the molecule is CCCOC1CCCN(C(=O)c2cc(NC)ncc2Cl)C1. The maximum Gasteiger partial charge on any atom is 0.255 e. The zero-order valence-corrected chi connectivity index (χ0v) is 13.3. The van der Waals surface area contributed by atoms with Gasteiger partial charge in [-0.3, -0.25) is 4.79 Å². The summed E-state index contributed by atoms with van der Waals surface area (Å²) in [5, 5.41) is 3.31. The van der Waals surface area contributed by atoms with Gasteiger partial charge < -0.3 is 15.0 Å². The number of hydrogen-bond donors (Lipinski definition) is 1. The molecule has 1 aliphatic heterocycles. The normalized spacial score (nSPS) is 18.6. The largest absolute Gasteiger partial charge is 0.376 e. The minimum absolute atomic E-state index is 0.0521. The molecule has 116 valence electrons. The van der Waals surface area contributed by atoms with Crippen molar-refractivity contribution in [2.75, 3.05) is 32.1 Å². The number of nitrogens with zero attached hydrogens (tertiary/aromatic N) is 2. The summed E-state index contributed by atoms with van der Waals surface area (Å²) in [6.45, 7) is 4.21. The first-order chi connectivity index (χ1) is 10.2. The van der Waals surface area contributed by atoms with Crippen molar-refractivity contribution in [2.45, 2.75) is 32.3 Å². The topological polar surface area (TPSA) is 54.5 Å². The minimum atomic E-state index is -0.0521. The molecular formula is C15H22ClN3O2. The second-order valence-corrected chi connectivity index (χ2v) is 5.59. The van der Waals surface area contributed by atoms with Crippen LogP contribution in [0.1, 0.15) is 36.5 Å². The molecule has 2 rings (SSSR count). The van der Waals surface area contributed by atoms with Crippen molar-refractivity contribution >= 4 is 23.3 Å².